The van der Waals surface area contributed by atoms with Gasteiger partial charge in [0, 0.05) is 18.1 Å². The Bertz CT molecular complexity index is 1230. The number of rotatable bonds is 16. The number of methoxy groups -OCH3 is 1. The Morgan fingerprint density at radius 2 is 1.41 bits per heavy atom. The number of aromatic nitrogens is 1. The lowest BCUT2D eigenvalue weighted by atomic mass is 9.93. The smallest absolute Gasteiger partial charge is 0.231 e. The fourth-order valence-electron chi connectivity index (χ4n) is 6.43. The first-order valence-corrected chi connectivity index (χ1v) is 15.7. The molecule has 4 nitrogen and oxygen atoms in total. The van der Waals surface area contributed by atoms with Crippen LogP contribution in [-0.4, -0.2) is 13.9 Å². The van der Waals surface area contributed by atoms with Crippen LogP contribution < -0.4 is 18.8 Å². The molecule has 0 radical (unpaired) electrons. The van der Waals surface area contributed by atoms with E-state index in [1.807, 2.05) is 0 Å². The van der Waals surface area contributed by atoms with E-state index < -0.39 is 0 Å². The van der Waals surface area contributed by atoms with Crippen LogP contribution in [0.2, 0.25) is 0 Å². The summed E-state index contributed by atoms with van der Waals surface area (Å²) < 4.78 is 19.6. The number of aryl methyl sites for hydroxylation is 3. The van der Waals surface area contributed by atoms with E-state index in [-0.39, 0.29) is 0 Å². The van der Waals surface area contributed by atoms with Crippen LogP contribution in [0.3, 0.4) is 0 Å². The van der Waals surface area contributed by atoms with Crippen molar-refractivity contribution in [2.75, 3.05) is 13.9 Å². The maximum atomic E-state index is 5.83. The van der Waals surface area contributed by atoms with Crippen LogP contribution >= 0.6 is 0 Å². The fourth-order valence-corrected chi connectivity index (χ4v) is 6.43. The van der Waals surface area contributed by atoms with E-state index in [1.165, 1.54) is 123 Å². The van der Waals surface area contributed by atoms with E-state index in [2.05, 4.69) is 48.0 Å². The highest BCUT2D eigenvalue weighted by molar-refractivity contribution is 5.89. The lowest BCUT2D eigenvalue weighted by molar-refractivity contribution is -0.686. The minimum absolute atomic E-state index is 0.318. The zero-order chi connectivity index (χ0) is 26.9. The Morgan fingerprint density at radius 3 is 2.08 bits per heavy atom. The second-order valence-electron chi connectivity index (χ2n) is 11.6. The molecule has 0 saturated heterocycles. The summed E-state index contributed by atoms with van der Waals surface area (Å²) >= 11 is 0. The predicted octanol–water partition coefficient (Wildman–Crippen LogP) is 9.11. The molecule has 0 fully saturated rings. The van der Waals surface area contributed by atoms with Gasteiger partial charge in [-0.05, 0) is 42.0 Å². The van der Waals surface area contributed by atoms with Crippen LogP contribution in [0.5, 0.6) is 17.2 Å². The van der Waals surface area contributed by atoms with Crippen LogP contribution in [0.4, 0.5) is 0 Å². The van der Waals surface area contributed by atoms with Crippen molar-refractivity contribution in [1.82, 2.24) is 0 Å². The average Bonchev–Trinajstić information content (AvgIpc) is 3.42. The van der Waals surface area contributed by atoms with Crippen molar-refractivity contribution < 1.29 is 18.8 Å². The molecular formula is C35H48NO3+. The van der Waals surface area contributed by atoms with Gasteiger partial charge in [0.15, 0.2) is 24.2 Å². The Balaban J connectivity index is 1.13. The molecule has 0 unspecified atom stereocenters. The standard InChI is InChI=1S/C35H48NO3/c1-3-4-5-6-7-8-9-10-11-12-13-14-15-16-17-29-31-25-36-21-20-28-23-34-35(39-26-38-34)24-30(28)32(36)22-27(31)18-19-33(29)37-2/h18-19,22-25H,3-17,20-21,26H2,1-2H3/q+1. The number of ether oxygens (including phenoxy) is 3. The summed E-state index contributed by atoms with van der Waals surface area (Å²) in [6.07, 6.45) is 23.9. The minimum Gasteiger partial charge on any atom is -0.496 e. The molecule has 0 spiro atoms. The van der Waals surface area contributed by atoms with Crippen LogP contribution in [0, 0.1) is 0 Å². The van der Waals surface area contributed by atoms with Crippen LogP contribution in [0.25, 0.3) is 22.0 Å². The molecule has 0 atom stereocenters. The number of nitrogens with zero attached hydrogens (tertiary/aromatic N) is 1. The van der Waals surface area contributed by atoms with Gasteiger partial charge in [0.2, 0.25) is 12.5 Å². The summed E-state index contributed by atoms with van der Waals surface area (Å²) in [4.78, 5) is 0. The lowest BCUT2D eigenvalue weighted by Crippen LogP contribution is -2.40. The first-order valence-electron chi connectivity index (χ1n) is 15.7. The second-order valence-corrected chi connectivity index (χ2v) is 11.6. The van der Waals surface area contributed by atoms with Crippen LogP contribution in [-0.2, 0) is 19.4 Å². The summed E-state index contributed by atoms with van der Waals surface area (Å²) in [5.41, 5.74) is 5.22. The molecule has 0 amide bonds. The quantitative estimate of drug-likeness (QED) is 0.137. The molecule has 0 N–H and O–H groups in total. The van der Waals surface area contributed by atoms with Gasteiger partial charge in [-0.25, -0.2) is 0 Å². The van der Waals surface area contributed by atoms with Crippen molar-refractivity contribution >= 4 is 10.8 Å². The number of benzene rings is 2. The molecule has 2 aromatic carbocycles. The van der Waals surface area contributed by atoms with Crippen LogP contribution in [0.1, 0.15) is 108 Å². The third-order valence-electron chi connectivity index (χ3n) is 8.73. The molecule has 0 saturated carbocycles. The number of fused-ring (bicyclic) bond motifs is 5. The second kappa shape index (κ2) is 14.1. The van der Waals surface area contributed by atoms with Crippen molar-refractivity contribution in [3.05, 3.63) is 47.7 Å². The Kier molecular flexibility index (Phi) is 10.0. The molecule has 1 aromatic heterocycles. The predicted molar refractivity (Wildman–Crippen MR) is 160 cm³/mol. The topological polar surface area (TPSA) is 31.6 Å². The molecule has 2 aliphatic rings. The van der Waals surface area contributed by atoms with Crippen molar-refractivity contribution in [1.29, 1.82) is 0 Å². The first kappa shape index (κ1) is 27.8. The van der Waals surface area contributed by atoms with E-state index in [4.69, 9.17) is 14.2 Å². The van der Waals surface area contributed by atoms with Crippen molar-refractivity contribution in [3.63, 3.8) is 0 Å². The number of pyridine rings is 1. The van der Waals surface area contributed by atoms with Gasteiger partial charge in [-0.2, -0.15) is 4.57 Å². The van der Waals surface area contributed by atoms with Gasteiger partial charge in [-0.1, -0.05) is 96.5 Å². The molecule has 4 heteroatoms. The zero-order valence-electron chi connectivity index (χ0n) is 24.4. The van der Waals surface area contributed by atoms with Crippen LogP contribution in [0.15, 0.2) is 36.5 Å². The molecule has 39 heavy (non-hydrogen) atoms. The third kappa shape index (κ3) is 6.88. The lowest BCUT2D eigenvalue weighted by Gasteiger charge is -2.18. The van der Waals surface area contributed by atoms with Gasteiger partial charge in [-0.3, -0.25) is 0 Å². The Morgan fingerprint density at radius 1 is 0.769 bits per heavy atom. The Labute approximate surface area is 235 Å². The van der Waals surface area contributed by atoms with E-state index in [0.29, 0.717) is 6.79 Å². The molecule has 0 bridgehead atoms. The Hall–Kier alpha value is -2.75. The number of unbranched alkanes of at least 4 members (excludes halogenated alkanes) is 13. The number of hydrogen-bond donors (Lipinski definition) is 0. The minimum atomic E-state index is 0.318. The van der Waals surface area contributed by atoms with E-state index >= 15 is 0 Å². The van der Waals surface area contributed by atoms with E-state index in [0.717, 1.165) is 36.6 Å². The first-order chi connectivity index (χ1) is 19.3. The highest BCUT2D eigenvalue weighted by Crippen LogP contribution is 2.40. The summed E-state index contributed by atoms with van der Waals surface area (Å²) in [7, 11) is 1.81. The summed E-state index contributed by atoms with van der Waals surface area (Å²) in [5.74, 6) is 2.76. The van der Waals surface area contributed by atoms with E-state index in [1.54, 1.807) is 7.11 Å². The summed E-state index contributed by atoms with van der Waals surface area (Å²) in [5, 5.41) is 2.62. The van der Waals surface area contributed by atoms with Crippen molar-refractivity contribution in [2.24, 2.45) is 0 Å². The molecule has 2 aliphatic heterocycles. The van der Waals surface area contributed by atoms with E-state index in [9.17, 15) is 0 Å². The molecule has 3 aromatic rings. The highest BCUT2D eigenvalue weighted by Gasteiger charge is 2.28. The van der Waals surface area contributed by atoms with Gasteiger partial charge in [-0.15, -0.1) is 0 Å². The summed E-state index contributed by atoms with van der Waals surface area (Å²) in [6.45, 7) is 3.59. The van der Waals surface area contributed by atoms with Crippen molar-refractivity contribution in [2.45, 2.75) is 116 Å². The molecular weight excluding hydrogens is 482 g/mol. The molecule has 3 heterocycles. The molecule has 5 rings (SSSR count). The molecule has 210 valence electrons. The fraction of sp³-hybridized carbons (Fsp3) is 0.571. The SMILES string of the molecule is CCCCCCCCCCCCCCCCc1c(OC)ccc2cc3[n+](cc12)CCc1cc2c(cc1-3)OCO2. The van der Waals surface area contributed by atoms with Gasteiger partial charge in [0.05, 0.1) is 18.1 Å². The maximum Gasteiger partial charge on any atom is 0.231 e. The average molecular weight is 531 g/mol. The van der Waals surface area contributed by atoms with Crippen molar-refractivity contribution in [3.8, 4) is 28.5 Å². The van der Waals surface area contributed by atoms with Gasteiger partial charge in [0.1, 0.15) is 5.75 Å². The molecule has 0 aliphatic carbocycles. The normalized spacial score (nSPS) is 13.5. The highest BCUT2D eigenvalue weighted by atomic mass is 16.7. The largest absolute Gasteiger partial charge is 0.496 e. The van der Waals surface area contributed by atoms with Gasteiger partial charge < -0.3 is 14.2 Å². The maximum absolute atomic E-state index is 5.83. The van der Waals surface area contributed by atoms with Gasteiger partial charge >= 0.3 is 0 Å². The van der Waals surface area contributed by atoms with Gasteiger partial charge in [0.25, 0.3) is 0 Å². The monoisotopic (exact) mass is 530 g/mol. The summed E-state index contributed by atoms with van der Waals surface area (Å²) in [6, 6.07) is 11.0. The number of hydrogen-bond acceptors (Lipinski definition) is 3. The zero-order valence-corrected chi connectivity index (χ0v) is 24.4. The third-order valence-corrected chi connectivity index (χ3v) is 8.73.